The minimum atomic E-state index is -0.159. The molecule has 0 spiro atoms. The largest absolute Gasteiger partial charge is 0.387 e. The van der Waals surface area contributed by atoms with Crippen molar-refractivity contribution in [1.82, 2.24) is 9.13 Å². The Hall–Kier alpha value is -1.17. The molecule has 1 aromatic carbocycles. The number of rotatable bonds is 2. The summed E-state index contributed by atoms with van der Waals surface area (Å²) in [7, 11) is 2.02. The second-order valence-electron chi connectivity index (χ2n) is 5.42. The average Bonchev–Trinajstić information content (AvgIpc) is 2.65. The van der Waals surface area contributed by atoms with Crippen molar-refractivity contribution in [2.75, 3.05) is 13.1 Å². The molecule has 5 heteroatoms. The molecule has 3 rings (SSSR count). The van der Waals surface area contributed by atoms with Crippen molar-refractivity contribution in [2.24, 2.45) is 7.05 Å². The van der Waals surface area contributed by atoms with Crippen molar-refractivity contribution in [1.29, 1.82) is 0 Å². The molecule has 1 unspecified atom stereocenters. The number of aliphatic hydroxyl groups excluding tert-OH is 1. The van der Waals surface area contributed by atoms with Gasteiger partial charge in [0, 0.05) is 7.05 Å². The molecule has 2 atom stereocenters. The Morgan fingerprint density at radius 1 is 1.37 bits per heavy atom. The third kappa shape index (κ3) is 2.33. The minimum absolute atomic E-state index is 0.159. The first-order valence-electron chi connectivity index (χ1n) is 6.82. The fourth-order valence-corrected chi connectivity index (χ4v) is 3.27. The van der Waals surface area contributed by atoms with Gasteiger partial charge in [0.05, 0.1) is 17.6 Å². The highest BCUT2D eigenvalue weighted by atomic mass is 32.1. The van der Waals surface area contributed by atoms with E-state index in [4.69, 9.17) is 12.2 Å². The van der Waals surface area contributed by atoms with Crippen LogP contribution in [0.2, 0.25) is 0 Å². The Morgan fingerprint density at radius 3 is 2.84 bits per heavy atom. The van der Waals surface area contributed by atoms with Crippen LogP contribution >= 0.6 is 12.2 Å². The quantitative estimate of drug-likeness (QED) is 0.793. The molecule has 0 radical (unpaired) electrons. The number of aliphatic hydroxyl groups is 1. The highest BCUT2D eigenvalue weighted by Gasteiger charge is 2.22. The number of nitrogens with one attached hydrogen (secondary N) is 1. The Bertz CT molecular complexity index is 646. The lowest BCUT2D eigenvalue weighted by Crippen LogP contribution is -3.13. The SMILES string of the molecule is Cn1c(=S)n(C[NH+]2CCC[C@@H](O)C2)c2ccccc21. The van der Waals surface area contributed by atoms with Gasteiger partial charge >= 0.3 is 0 Å². The van der Waals surface area contributed by atoms with Gasteiger partial charge in [0.25, 0.3) is 0 Å². The summed E-state index contributed by atoms with van der Waals surface area (Å²) in [5, 5.41) is 9.78. The zero-order chi connectivity index (χ0) is 13.4. The minimum Gasteiger partial charge on any atom is -0.387 e. The molecule has 1 aromatic heterocycles. The second kappa shape index (κ2) is 5.07. The highest BCUT2D eigenvalue weighted by Crippen LogP contribution is 2.15. The smallest absolute Gasteiger partial charge is 0.184 e. The van der Waals surface area contributed by atoms with Crippen LogP contribution in [0.3, 0.4) is 0 Å². The van der Waals surface area contributed by atoms with Gasteiger partial charge in [-0.15, -0.1) is 0 Å². The summed E-state index contributed by atoms with van der Waals surface area (Å²) >= 11 is 5.54. The summed E-state index contributed by atoms with van der Waals surface area (Å²) in [4.78, 5) is 1.41. The topological polar surface area (TPSA) is 34.5 Å². The zero-order valence-corrected chi connectivity index (χ0v) is 12.0. The van der Waals surface area contributed by atoms with Gasteiger partial charge in [-0.2, -0.15) is 0 Å². The normalized spacial score (nSPS) is 23.9. The van der Waals surface area contributed by atoms with Crippen LogP contribution in [0.4, 0.5) is 0 Å². The number of fused-ring (bicyclic) bond motifs is 1. The van der Waals surface area contributed by atoms with Gasteiger partial charge in [-0.3, -0.25) is 4.57 Å². The molecule has 1 aliphatic rings. The lowest BCUT2D eigenvalue weighted by molar-refractivity contribution is -0.930. The van der Waals surface area contributed by atoms with Crippen molar-refractivity contribution >= 4 is 23.3 Å². The fraction of sp³-hybridized carbons (Fsp3) is 0.500. The summed E-state index contributed by atoms with van der Waals surface area (Å²) in [6.07, 6.45) is 1.87. The molecule has 2 heterocycles. The van der Waals surface area contributed by atoms with E-state index in [9.17, 15) is 5.11 Å². The molecule has 0 bridgehead atoms. The molecule has 0 aliphatic carbocycles. The van der Waals surface area contributed by atoms with Gasteiger partial charge in [0.15, 0.2) is 11.4 Å². The number of aryl methyl sites for hydroxylation is 1. The number of hydrogen-bond donors (Lipinski definition) is 2. The van der Waals surface area contributed by atoms with Gasteiger partial charge in [0.2, 0.25) is 0 Å². The molecule has 4 nitrogen and oxygen atoms in total. The average molecular weight is 278 g/mol. The molecule has 1 saturated heterocycles. The number of para-hydroxylation sites is 2. The van der Waals surface area contributed by atoms with E-state index < -0.39 is 0 Å². The number of quaternary nitrogens is 1. The maximum atomic E-state index is 9.78. The Balaban J connectivity index is 1.96. The first-order valence-corrected chi connectivity index (χ1v) is 7.23. The van der Waals surface area contributed by atoms with Gasteiger partial charge in [-0.1, -0.05) is 12.1 Å². The molecule has 19 heavy (non-hydrogen) atoms. The maximum Gasteiger partial charge on any atom is 0.184 e. The predicted molar refractivity (Wildman–Crippen MR) is 77.7 cm³/mol. The van der Waals surface area contributed by atoms with Crippen LogP contribution < -0.4 is 4.90 Å². The molecule has 2 N–H and O–H groups in total. The number of hydrogen-bond acceptors (Lipinski definition) is 2. The third-order valence-corrected chi connectivity index (χ3v) is 4.52. The van der Waals surface area contributed by atoms with E-state index in [1.54, 1.807) is 0 Å². The van der Waals surface area contributed by atoms with Crippen LogP contribution in [-0.2, 0) is 13.7 Å². The summed E-state index contributed by atoms with van der Waals surface area (Å²) in [6.45, 7) is 2.78. The monoisotopic (exact) mass is 278 g/mol. The van der Waals surface area contributed by atoms with Gasteiger partial charge < -0.3 is 14.6 Å². The van der Waals surface area contributed by atoms with Crippen LogP contribution in [0, 0.1) is 4.77 Å². The number of likely N-dealkylation sites (tertiary alicyclic amines) is 1. The number of aromatic nitrogens is 2. The van der Waals surface area contributed by atoms with E-state index in [2.05, 4.69) is 21.3 Å². The van der Waals surface area contributed by atoms with Gasteiger partial charge in [0.1, 0.15) is 12.6 Å². The Morgan fingerprint density at radius 2 is 2.11 bits per heavy atom. The number of nitrogens with zero attached hydrogens (tertiary/aromatic N) is 2. The lowest BCUT2D eigenvalue weighted by Gasteiger charge is -2.27. The van der Waals surface area contributed by atoms with E-state index in [0.717, 1.165) is 37.4 Å². The van der Waals surface area contributed by atoms with Gasteiger partial charge in [-0.05, 0) is 37.2 Å². The molecule has 1 fully saturated rings. The number of benzene rings is 1. The van der Waals surface area contributed by atoms with E-state index >= 15 is 0 Å². The summed E-state index contributed by atoms with van der Waals surface area (Å²) in [6, 6.07) is 8.31. The zero-order valence-electron chi connectivity index (χ0n) is 11.2. The first kappa shape index (κ1) is 12.8. The van der Waals surface area contributed by atoms with E-state index in [-0.39, 0.29) is 6.10 Å². The van der Waals surface area contributed by atoms with Crippen molar-refractivity contribution in [3.63, 3.8) is 0 Å². The molecule has 0 saturated carbocycles. The van der Waals surface area contributed by atoms with Crippen molar-refractivity contribution in [2.45, 2.75) is 25.6 Å². The van der Waals surface area contributed by atoms with E-state index in [1.165, 1.54) is 15.9 Å². The van der Waals surface area contributed by atoms with Crippen LogP contribution in [-0.4, -0.2) is 33.4 Å². The number of imidazole rings is 1. The van der Waals surface area contributed by atoms with Crippen LogP contribution in [0.15, 0.2) is 24.3 Å². The fourth-order valence-electron chi connectivity index (χ4n) is 3.01. The van der Waals surface area contributed by atoms with Crippen LogP contribution in [0.1, 0.15) is 12.8 Å². The first-order chi connectivity index (χ1) is 9.16. The molecular weight excluding hydrogens is 258 g/mol. The Labute approximate surface area is 117 Å². The molecule has 1 aliphatic heterocycles. The second-order valence-corrected chi connectivity index (χ2v) is 5.78. The van der Waals surface area contributed by atoms with E-state index in [1.807, 2.05) is 19.2 Å². The van der Waals surface area contributed by atoms with Gasteiger partial charge in [-0.25, -0.2) is 0 Å². The summed E-state index contributed by atoms with van der Waals surface area (Å²) in [5.74, 6) is 0. The molecule has 0 amide bonds. The summed E-state index contributed by atoms with van der Waals surface area (Å²) < 4.78 is 5.11. The van der Waals surface area contributed by atoms with Crippen LogP contribution in [0.5, 0.6) is 0 Å². The van der Waals surface area contributed by atoms with Crippen molar-refractivity contribution in [3.8, 4) is 0 Å². The molecule has 102 valence electrons. The Kier molecular flexibility index (Phi) is 3.43. The molecule has 2 aromatic rings. The summed E-state index contributed by atoms with van der Waals surface area (Å²) in [5.41, 5.74) is 2.35. The maximum absolute atomic E-state index is 9.78. The van der Waals surface area contributed by atoms with Crippen LogP contribution in [0.25, 0.3) is 11.0 Å². The molecular formula is C14H20N3OS+. The van der Waals surface area contributed by atoms with Crippen molar-refractivity contribution < 1.29 is 10.0 Å². The highest BCUT2D eigenvalue weighted by molar-refractivity contribution is 7.71. The number of piperidine rings is 1. The predicted octanol–water partition coefficient (Wildman–Crippen LogP) is 0.706. The van der Waals surface area contributed by atoms with E-state index in [0.29, 0.717) is 0 Å². The van der Waals surface area contributed by atoms with Crippen molar-refractivity contribution in [3.05, 3.63) is 29.0 Å². The lowest BCUT2D eigenvalue weighted by atomic mass is 10.1. The standard InChI is InChI=1S/C14H19N3OS/c1-15-12-6-2-3-7-13(12)17(14(15)19)10-16-8-4-5-11(18)9-16/h2-3,6-7,11,18H,4-5,8-10H2,1H3/p+1/t11-/m1/s1. The third-order valence-electron chi connectivity index (χ3n) is 4.03.